The van der Waals surface area contributed by atoms with E-state index >= 15 is 0 Å². The highest BCUT2D eigenvalue weighted by Crippen LogP contribution is 2.14. The number of ether oxygens (including phenoxy) is 1. The highest BCUT2D eigenvalue weighted by atomic mass is 19.3. The lowest BCUT2D eigenvalue weighted by molar-refractivity contribution is -0.120. The van der Waals surface area contributed by atoms with Gasteiger partial charge in [-0.2, -0.15) is 8.78 Å². The smallest absolute Gasteiger partial charge is 0.387 e. The van der Waals surface area contributed by atoms with E-state index in [0.29, 0.717) is 11.3 Å². The molecule has 0 saturated carbocycles. The normalized spacial score (nSPS) is 10.2. The molecule has 0 bridgehead atoms. The summed E-state index contributed by atoms with van der Waals surface area (Å²) in [5.41, 5.74) is 1.33. The van der Waals surface area contributed by atoms with Crippen molar-refractivity contribution in [2.24, 2.45) is 0 Å². The molecule has 6 nitrogen and oxygen atoms in total. The van der Waals surface area contributed by atoms with Gasteiger partial charge in [0.1, 0.15) is 5.75 Å². The lowest BCUT2D eigenvalue weighted by atomic mass is 10.2. The van der Waals surface area contributed by atoms with Crippen LogP contribution in [0.25, 0.3) is 0 Å². The molecule has 3 N–H and O–H groups in total. The van der Waals surface area contributed by atoms with Crippen LogP contribution in [0, 0.1) is 0 Å². The van der Waals surface area contributed by atoms with E-state index in [2.05, 4.69) is 20.7 Å². The van der Waals surface area contributed by atoms with E-state index in [1.54, 1.807) is 36.4 Å². The summed E-state index contributed by atoms with van der Waals surface area (Å²) in [5, 5.41) is 7.63. The summed E-state index contributed by atoms with van der Waals surface area (Å²) in [6, 6.07) is 14.2. The molecule has 2 aromatic carbocycles. The summed E-state index contributed by atoms with van der Waals surface area (Å²) in [6.45, 7) is -2.86. The SMILES string of the molecule is O=C(CNC(=O)Nc1ccccc1)NCc1ccc(OC(F)F)cc1. The summed E-state index contributed by atoms with van der Waals surface area (Å²) >= 11 is 0. The molecule has 0 aliphatic carbocycles. The maximum atomic E-state index is 12.0. The Labute approximate surface area is 143 Å². The summed E-state index contributed by atoms with van der Waals surface area (Å²) < 4.78 is 28.3. The van der Waals surface area contributed by atoms with E-state index in [0.717, 1.165) is 0 Å². The summed E-state index contributed by atoms with van der Waals surface area (Å²) in [6.07, 6.45) is 0. The number of rotatable bonds is 7. The highest BCUT2D eigenvalue weighted by molar-refractivity contribution is 5.92. The number of anilines is 1. The Balaban J connectivity index is 1.69. The van der Waals surface area contributed by atoms with Gasteiger partial charge in [0.25, 0.3) is 0 Å². The van der Waals surface area contributed by atoms with Crippen LogP contribution >= 0.6 is 0 Å². The molecular weight excluding hydrogens is 332 g/mol. The maximum Gasteiger partial charge on any atom is 0.387 e. The number of benzene rings is 2. The quantitative estimate of drug-likeness (QED) is 0.719. The van der Waals surface area contributed by atoms with Crippen LogP contribution < -0.4 is 20.7 Å². The molecule has 0 fully saturated rings. The van der Waals surface area contributed by atoms with Crippen LogP contribution in [0.4, 0.5) is 19.3 Å². The van der Waals surface area contributed by atoms with Crippen molar-refractivity contribution in [1.29, 1.82) is 0 Å². The maximum absolute atomic E-state index is 12.0. The molecule has 2 aromatic rings. The van der Waals surface area contributed by atoms with Crippen LogP contribution in [-0.4, -0.2) is 25.1 Å². The first kappa shape index (κ1) is 18.2. The second kappa shape index (κ2) is 9.21. The first-order chi connectivity index (χ1) is 12.0. The van der Waals surface area contributed by atoms with Gasteiger partial charge in [-0.3, -0.25) is 4.79 Å². The Morgan fingerprint density at radius 1 is 0.960 bits per heavy atom. The molecule has 0 heterocycles. The molecule has 25 heavy (non-hydrogen) atoms. The van der Waals surface area contributed by atoms with Crippen molar-refractivity contribution >= 4 is 17.6 Å². The van der Waals surface area contributed by atoms with Gasteiger partial charge in [-0.25, -0.2) is 4.79 Å². The molecule has 132 valence electrons. The van der Waals surface area contributed by atoms with Crippen LogP contribution in [0.1, 0.15) is 5.56 Å². The van der Waals surface area contributed by atoms with Gasteiger partial charge < -0.3 is 20.7 Å². The molecule has 0 aliphatic heterocycles. The number of hydrogen-bond donors (Lipinski definition) is 3. The zero-order valence-corrected chi connectivity index (χ0v) is 13.2. The lowest BCUT2D eigenvalue weighted by Crippen LogP contribution is -2.38. The number of alkyl halides is 2. The molecule has 2 rings (SSSR count). The Kier molecular flexibility index (Phi) is 6.70. The Hall–Kier alpha value is -3.16. The standard InChI is InChI=1S/C17H17F2N3O3/c18-16(19)25-14-8-6-12(7-9-14)10-20-15(23)11-21-17(24)22-13-4-2-1-3-5-13/h1-9,16H,10-11H2,(H,20,23)(H2,21,22,24). The molecule has 0 radical (unpaired) electrons. The van der Waals surface area contributed by atoms with E-state index < -0.39 is 12.6 Å². The summed E-state index contributed by atoms with van der Waals surface area (Å²) in [5.74, 6) is -0.333. The van der Waals surface area contributed by atoms with Crippen LogP contribution in [0.3, 0.4) is 0 Å². The zero-order valence-electron chi connectivity index (χ0n) is 13.2. The van der Waals surface area contributed by atoms with Gasteiger partial charge in [0, 0.05) is 12.2 Å². The van der Waals surface area contributed by atoms with Crippen LogP contribution in [-0.2, 0) is 11.3 Å². The zero-order chi connectivity index (χ0) is 18.1. The van der Waals surface area contributed by atoms with E-state index in [4.69, 9.17) is 0 Å². The second-order valence-corrected chi connectivity index (χ2v) is 4.97. The second-order valence-electron chi connectivity index (χ2n) is 4.97. The summed E-state index contributed by atoms with van der Waals surface area (Å²) in [4.78, 5) is 23.3. The number of para-hydroxylation sites is 1. The number of hydrogen-bond acceptors (Lipinski definition) is 3. The molecular formula is C17H17F2N3O3. The fourth-order valence-electron chi connectivity index (χ4n) is 1.91. The van der Waals surface area contributed by atoms with Gasteiger partial charge in [0.15, 0.2) is 0 Å². The van der Waals surface area contributed by atoms with Gasteiger partial charge >= 0.3 is 12.6 Å². The molecule has 0 aliphatic rings. The third kappa shape index (κ3) is 6.86. The van der Waals surface area contributed by atoms with Gasteiger partial charge in [-0.05, 0) is 29.8 Å². The minimum Gasteiger partial charge on any atom is -0.435 e. The molecule has 0 unspecified atom stereocenters. The average Bonchev–Trinajstić information content (AvgIpc) is 2.60. The van der Waals surface area contributed by atoms with Crippen molar-refractivity contribution in [2.75, 3.05) is 11.9 Å². The number of carbonyl (C=O) groups excluding carboxylic acids is 2. The third-order valence-electron chi connectivity index (χ3n) is 3.08. The molecule has 0 atom stereocenters. The van der Waals surface area contributed by atoms with Crippen molar-refractivity contribution in [3.8, 4) is 5.75 Å². The molecule has 0 saturated heterocycles. The number of carbonyl (C=O) groups is 2. The first-order valence-corrected chi connectivity index (χ1v) is 7.43. The van der Waals surface area contributed by atoms with E-state index in [9.17, 15) is 18.4 Å². The van der Waals surface area contributed by atoms with Crippen molar-refractivity contribution in [2.45, 2.75) is 13.2 Å². The van der Waals surface area contributed by atoms with Crippen LogP contribution in [0.2, 0.25) is 0 Å². The van der Waals surface area contributed by atoms with Gasteiger partial charge in [0.05, 0.1) is 6.54 Å². The van der Waals surface area contributed by atoms with Gasteiger partial charge in [-0.1, -0.05) is 30.3 Å². The van der Waals surface area contributed by atoms with Gasteiger partial charge in [0.2, 0.25) is 5.91 Å². The first-order valence-electron chi connectivity index (χ1n) is 7.43. The monoisotopic (exact) mass is 349 g/mol. The predicted octanol–water partition coefficient (Wildman–Crippen LogP) is 2.73. The number of halogens is 2. The summed E-state index contributed by atoms with van der Waals surface area (Å²) in [7, 11) is 0. The van der Waals surface area contributed by atoms with Crippen molar-refractivity contribution in [1.82, 2.24) is 10.6 Å². The number of urea groups is 1. The van der Waals surface area contributed by atoms with Crippen LogP contribution in [0.5, 0.6) is 5.75 Å². The Morgan fingerprint density at radius 3 is 2.28 bits per heavy atom. The third-order valence-corrected chi connectivity index (χ3v) is 3.08. The average molecular weight is 349 g/mol. The number of amides is 3. The topological polar surface area (TPSA) is 79.5 Å². The van der Waals surface area contributed by atoms with E-state index in [-0.39, 0.29) is 24.7 Å². The predicted molar refractivity (Wildman–Crippen MR) is 88.4 cm³/mol. The van der Waals surface area contributed by atoms with Gasteiger partial charge in [-0.15, -0.1) is 0 Å². The Bertz CT molecular complexity index is 694. The molecule has 0 aromatic heterocycles. The van der Waals surface area contributed by atoms with Crippen molar-refractivity contribution < 1.29 is 23.1 Å². The van der Waals surface area contributed by atoms with Crippen LogP contribution in [0.15, 0.2) is 54.6 Å². The molecule has 3 amide bonds. The number of nitrogens with one attached hydrogen (secondary N) is 3. The fourth-order valence-corrected chi connectivity index (χ4v) is 1.91. The fraction of sp³-hybridized carbons (Fsp3) is 0.176. The van der Waals surface area contributed by atoms with E-state index in [1.807, 2.05) is 6.07 Å². The van der Waals surface area contributed by atoms with E-state index in [1.165, 1.54) is 12.1 Å². The highest BCUT2D eigenvalue weighted by Gasteiger charge is 2.06. The largest absolute Gasteiger partial charge is 0.435 e. The van der Waals surface area contributed by atoms with Crippen molar-refractivity contribution in [3.63, 3.8) is 0 Å². The minimum absolute atomic E-state index is 0.0457. The Morgan fingerprint density at radius 2 is 1.64 bits per heavy atom. The molecule has 0 spiro atoms. The minimum atomic E-state index is -2.88. The van der Waals surface area contributed by atoms with Crippen molar-refractivity contribution in [3.05, 3.63) is 60.2 Å². The molecule has 8 heteroatoms. The lowest BCUT2D eigenvalue weighted by Gasteiger charge is -2.09.